The van der Waals surface area contributed by atoms with Gasteiger partial charge in [-0.3, -0.25) is 0 Å². The fourth-order valence-corrected chi connectivity index (χ4v) is 2.23. The van der Waals surface area contributed by atoms with Crippen LogP contribution in [0.25, 0.3) is 11.0 Å². The molecule has 0 fully saturated rings. The normalized spacial score (nSPS) is 12.6. The minimum absolute atomic E-state index is 0.149. The van der Waals surface area contributed by atoms with Crippen LogP contribution in [0.2, 0.25) is 5.02 Å². The van der Waals surface area contributed by atoms with Crippen LogP contribution in [0.4, 0.5) is 0 Å². The Morgan fingerprint density at radius 2 is 1.90 bits per heavy atom. The molecule has 3 rings (SSSR count). The van der Waals surface area contributed by atoms with E-state index in [0.717, 1.165) is 22.6 Å². The average molecular weight is 287 g/mol. The van der Waals surface area contributed by atoms with Crippen molar-refractivity contribution >= 4 is 22.6 Å². The molecular weight excluding hydrogens is 272 g/mol. The largest absolute Gasteiger partial charge is 0.483 e. The van der Waals surface area contributed by atoms with Crippen molar-refractivity contribution < 1.29 is 4.74 Å². The highest BCUT2D eigenvalue weighted by molar-refractivity contribution is 6.30. The fraction of sp³-hybridized carbons (Fsp3) is 0.188. The van der Waals surface area contributed by atoms with Gasteiger partial charge in [-0.25, -0.2) is 4.98 Å². The van der Waals surface area contributed by atoms with Crippen LogP contribution in [0, 0.1) is 6.92 Å². The number of hydrogen-bond donors (Lipinski definition) is 1. The first-order chi connectivity index (χ1) is 9.61. The molecule has 0 aliphatic heterocycles. The van der Waals surface area contributed by atoms with Crippen molar-refractivity contribution in [3.05, 3.63) is 58.9 Å². The van der Waals surface area contributed by atoms with E-state index in [1.54, 1.807) is 0 Å². The van der Waals surface area contributed by atoms with E-state index in [0.29, 0.717) is 5.02 Å². The molecule has 20 heavy (non-hydrogen) atoms. The zero-order valence-corrected chi connectivity index (χ0v) is 12.1. The Morgan fingerprint density at radius 1 is 1.15 bits per heavy atom. The second-order valence-corrected chi connectivity index (χ2v) is 5.29. The molecule has 0 saturated carbocycles. The van der Waals surface area contributed by atoms with Gasteiger partial charge in [0.05, 0.1) is 11.0 Å². The third kappa shape index (κ3) is 2.63. The first-order valence-electron chi connectivity index (χ1n) is 6.50. The maximum Gasteiger partial charge on any atom is 0.153 e. The van der Waals surface area contributed by atoms with E-state index < -0.39 is 0 Å². The van der Waals surface area contributed by atoms with Crippen LogP contribution < -0.4 is 4.74 Å². The Labute approximate surface area is 122 Å². The number of halogens is 1. The fourth-order valence-electron chi connectivity index (χ4n) is 2.11. The van der Waals surface area contributed by atoms with E-state index in [-0.39, 0.29) is 6.10 Å². The van der Waals surface area contributed by atoms with Gasteiger partial charge in [-0.15, -0.1) is 0 Å². The van der Waals surface area contributed by atoms with Gasteiger partial charge in [0.15, 0.2) is 6.10 Å². The Kier molecular flexibility index (Phi) is 3.36. The Morgan fingerprint density at radius 3 is 2.65 bits per heavy atom. The van der Waals surface area contributed by atoms with Crippen molar-refractivity contribution in [2.75, 3.05) is 0 Å². The van der Waals surface area contributed by atoms with Gasteiger partial charge >= 0.3 is 0 Å². The quantitative estimate of drug-likeness (QED) is 0.760. The summed E-state index contributed by atoms with van der Waals surface area (Å²) in [4.78, 5) is 7.87. The van der Waals surface area contributed by atoms with Gasteiger partial charge in [0.25, 0.3) is 0 Å². The molecule has 4 heteroatoms. The molecule has 0 radical (unpaired) electrons. The number of benzene rings is 2. The van der Waals surface area contributed by atoms with Crippen LogP contribution in [-0.4, -0.2) is 9.97 Å². The van der Waals surface area contributed by atoms with E-state index in [9.17, 15) is 0 Å². The SMILES string of the molecule is Cc1ccc2nc(C(C)Oc3ccc(Cl)cc3)[nH]c2c1. The van der Waals surface area contributed by atoms with E-state index >= 15 is 0 Å². The molecule has 1 aromatic heterocycles. The lowest BCUT2D eigenvalue weighted by atomic mass is 10.2. The molecule has 1 atom stereocenters. The Bertz CT molecular complexity index is 734. The van der Waals surface area contributed by atoms with Crippen molar-refractivity contribution in [3.63, 3.8) is 0 Å². The average Bonchev–Trinajstić information content (AvgIpc) is 2.84. The molecule has 2 aromatic carbocycles. The number of aryl methyl sites for hydroxylation is 1. The van der Waals surface area contributed by atoms with E-state index in [1.165, 1.54) is 5.56 Å². The van der Waals surface area contributed by atoms with Crippen molar-refractivity contribution in [1.29, 1.82) is 0 Å². The summed E-state index contributed by atoms with van der Waals surface area (Å²) >= 11 is 5.86. The molecule has 0 saturated heterocycles. The van der Waals surface area contributed by atoms with Crippen molar-refractivity contribution in [3.8, 4) is 5.75 Å². The Balaban J connectivity index is 1.84. The van der Waals surface area contributed by atoms with E-state index in [4.69, 9.17) is 16.3 Å². The van der Waals surface area contributed by atoms with Crippen molar-refractivity contribution in [1.82, 2.24) is 9.97 Å². The number of rotatable bonds is 3. The molecule has 0 aliphatic rings. The molecule has 1 heterocycles. The van der Waals surface area contributed by atoms with Gasteiger partial charge in [0, 0.05) is 5.02 Å². The number of imidazole rings is 1. The highest BCUT2D eigenvalue weighted by atomic mass is 35.5. The summed E-state index contributed by atoms with van der Waals surface area (Å²) in [6.07, 6.45) is -0.149. The van der Waals surface area contributed by atoms with Gasteiger partial charge in [0.2, 0.25) is 0 Å². The summed E-state index contributed by atoms with van der Waals surface area (Å²) in [6, 6.07) is 13.5. The van der Waals surface area contributed by atoms with Gasteiger partial charge in [-0.05, 0) is 55.8 Å². The maximum atomic E-state index is 5.86. The predicted molar refractivity (Wildman–Crippen MR) is 81.3 cm³/mol. The van der Waals surface area contributed by atoms with Crippen molar-refractivity contribution in [2.45, 2.75) is 20.0 Å². The molecule has 0 spiro atoms. The predicted octanol–water partition coefficient (Wildman–Crippen LogP) is 4.66. The molecule has 0 amide bonds. The van der Waals surface area contributed by atoms with Crippen LogP contribution >= 0.6 is 11.6 Å². The van der Waals surface area contributed by atoms with Crippen LogP contribution in [0.5, 0.6) is 5.75 Å². The van der Waals surface area contributed by atoms with Crippen LogP contribution in [0.1, 0.15) is 24.4 Å². The molecule has 0 bridgehead atoms. The van der Waals surface area contributed by atoms with Crippen LogP contribution in [0.15, 0.2) is 42.5 Å². The third-order valence-electron chi connectivity index (χ3n) is 3.17. The Hall–Kier alpha value is -2.00. The summed E-state index contributed by atoms with van der Waals surface area (Å²) in [6.45, 7) is 4.03. The number of fused-ring (bicyclic) bond motifs is 1. The number of nitrogens with zero attached hydrogens (tertiary/aromatic N) is 1. The highest BCUT2D eigenvalue weighted by Crippen LogP contribution is 2.23. The van der Waals surface area contributed by atoms with Gasteiger partial charge < -0.3 is 9.72 Å². The first kappa shape index (κ1) is 13.0. The van der Waals surface area contributed by atoms with Gasteiger partial charge in [0.1, 0.15) is 11.6 Å². The number of ether oxygens (including phenoxy) is 1. The number of aromatic nitrogens is 2. The standard InChI is InChI=1S/C16H15ClN2O/c1-10-3-8-14-15(9-10)19-16(18-14)11(2)20-13-6-4-12(17)5-7-13/h3-9,11H,1-2H3,(H,18,19). The summed E-state index contributed by atoms with van der Waals surface area (Å²) in [5.41, 5.74) is 3.20. The monoisotopic (exact) mass is 286 g/mol. The summed E-state index contributed by atoms with van der Waals surface area (Å²) < 4.78 is 5.86. The second-order valence-electron chi connectivity index (χ2n) is 4.86. The number of hydrogen-bond acceptors (Lipinski definition) is 2. The second kappa shape index (κ2) is 5.17. The highest BCUT2D eigenvalue weighted by Gasteiger charge is 2.12. The number of nitrogens with one attached hydrogen (secondary N) is 1. The minimum atomic E-state index is -0.149. The lowest BCUT2D eigenvalue weighted by Crippen LogP contribution is -2.04. The van der Waals surface area contributed by atoms with Crippen LogP contribution in [0.3, 0.4) is 0 Å². The van der Waals surface area contributed by atoms with Crippen LogP contribution in [-0.2, 0) is 0 Å². The molecule has 102 valence electrons. The number of H-pyrrole nitrogens is 1. The molecule has 3 nitrogen and oxygen atoms in total. The lowest BCUT2D eigenvalue weighted by molar-refractivity contribution is 0.218. The zero-order chi connectivity index (χ0) is 14.1. The van der Waals surface area contributed by atoms with Crippen molar-refractivity contribution in [2.24, 2.45) is 0 Å². The van der Waals surface area contributed by atoms with E-state index in [1.807, 2.05) is 37.3 Å². The third-order valence-corrected chi connectivity index (χ3v) is 3.42. The smallest absolute Gasteiger partial charge is 0.153 e. The number of aromatic amines is 1. The van der Waals surface area contributed by atoms with Gasteiger partial charge in [-0.2, -0.15) is 0 Å². The lowest BCUT2D eigenvalue weighted by Gasteiger charge is -2.12. The molecule has 1 N–H and O–H groups in total. The minimum Gasteiger partial charge on any atom is -0.483 e. The molecule has 3 aromatic rings. The van der Waals surface area contributed by atoms with E-state index in [2.05, 4.69) is 29.0 Å². The maximum absolute atomic E-state index is 5.86. The summed E-state index contributed by atoms with van der Waals surface area (Å²) in [5, 5.41) is 0.698. The molecular formula is C16H15ClN2O. The summed E-state index contributed by atoms with van der Waals surface area (Å²) in [5.74, 6) is 1.60. The summed E-state index contributed by atoms with van der Waals surface area (Å²) in [7, 11) is 0. The molecule has 1 unspecified atom stereocenters. The zero-order valence-electron chi connectivity index (χ0n) is 11.4. The molecule has 0 aliphatic carbocycles. The topological polar surface area (TPSA) is 37.9 Å². The van der Waals surface area contributed by atoms with Gasteiger partial charge in [-0.1, -0.05) is 17.7 Å². The first-order valence-corrected chi connectivity index (χ1v) is 6.88.